The number of ether oxygens (including phenoxy) is 1. The van der Waals surface area contributed by atoms with Crippen molar-refractivity contribution in [2.45, 2.75) is 20.0 Å². The summed E-state index contributed by atoms with van der Waals surface area (Å²) in [6.07, 6.45) is 1.65. The van der Waals surface area contributed by atoms with Crippen LogP contribution in [0.4, 0.5) is 0 Å². The van der Waals surface area contributed by atoms with Crippen molar-refractivity contribution in [2.24, 2.45) is 0 Å². The van der Waals surface area contributed by atoms with Gasteiger partial charge in [0.25, 0.3) is 0 Å². The zero-order valence-electron chi connectivity index (χ0n) is 10.3. The van der Waals surface area contributed by atoms with E-state index >= 15 is 0 Å². The molecule has 0 aliphatic carbocycles. The number of hydrogen-bond donors (Lipinski definition) is 2. The minimum absolute atomic E-state index is 0.0632. The van der Waals surface area contributed by atoms with Gasteiger partial charge in [-0.3, -0.25) is 4.79 Å². The van der Waals surface area contributed by atoms with Crippen molar-refractivity contribution in [1.82, 2.24) is 25.4 Å². The molecule has 0 atom stereocenters. The number of amides is 1. The maximum atomic E-state index is 11.4. The van der Waals surface area contributed by atoms with Crippen molar-refractivity contribution in [3.05, 3.63) is 12.2 Å². The number of nitrogens with zero attached hydrogens (tertiary/aromatic N) is 3. The minimum atomic E-state index is -0.0632. The van der Waals surface area contributed by atoms with E-state index in [0.717, 1.165) is 12.4 Å². The highest BCUT2D eigenvalue weighted by Crippen LogP contribution is 1.93. The Morgan fingerprint density at radius 2 is 2.41 bits per heavy atom. The summed E-state index contributed by atoms with van der Waals surface area (Å²) in [6, 6.07) is 0. The number of aromatic nitrogens is 3. The summed E-state index contributed by atoms with van der Waals surface area (Å²) in [5, 5.41) is 13.4. The van der Waals surface area contributed by atoms with Gasteiger partial charge in [0.15, 0.2) is 5.82 Å². The Morgan fingerprint density at radius 3 is 3.12 bits per heavy atom. The Labute approximate surface area is 101 Å². The first-order valence-electron chi connectivity index (χ1n) is 5.61. The summed E-state index contributed by atoms with van der Waals surface area (Å²) in [5.41, 5.74) is 0. The number of rotatable bonds is 8. The van der Waals surface area contributed by atoms with Crippen LogP contribution in [0.1, 0.15) is 12.7 Å². The van der Waals surface area contributed by atoms with Crippen molar-refractivity contribution in [2.75, 3.05) is 26.8 Å². The Kier molecular flexibility index (Phi) is 6.19. The van der Waals surface area contributed by atoms with Crippen molar-refractivity contribution < 1.29 is 9.53 Å². The number of methoxy groups -OCH3 is 1. The van der Waals surface area contributed by atoms with Gasteiger partial charge >= 0.3 is 0 Å². The lowest BCUT2D eigenvalue weighted by molar-refractivity contribution is -0.120. The Balaban J connectivity index is 2.19. The molecule has 0 aromatic carbocycles. The van der Waals surface area contributed by atoms with Crippen LogP contribution in [-0.4, -0.2) is 47.5 Å². The van der Waals surface area contributed by atoms with Gasteiger partial charge in [-0.05, 0) is 6.92 Å². The molecule has 1 aromatic heterocycles. The molecular formula is C10H19N5O2. The first-order valence-corrected chi connectivity index (χ1v) is 5.61. The molecule has 0 aliphatic heterocycles. The average molecular weight is 241 g/mol. The summed E-state index contributed by atoms with van der Waals surface area (Å²) < 4.78 is 6.74. The lowest BCUT2D eigenvalue weighted by Crippen LogP contribution is -2.35. The SMILES string of the molecule is CCn1cnnc1CNC(=O)CNCCOC. The molecular weight excluding hydrogens is 222 g/mol. The molecule has 0 aliphatic rings. The summed E-state index contributed by atoms with van der Waals surface area (Å²) >= 11 is 0. The third kappa shape index (κ3) is 4.92. The molecule has 7 heteroatoms. The highest BCUT2D eigenvalue weighted by Gasteiger charge is 2.05. The molecule has 1 amide bonds. The van der Waals surface area contributed by atoms with Gasteiger partial charge in [0.05, 0.1) is 19.7 Å². The van der Waals surface area contributed by atoms with E-state index in [4.69, 9.17) is 4.74 Å². The highest BCUT2D eigenvalue weighted by atomic mass is 16.5. The summed E-state index contributed by atoms with van der Waals surface area (Å²) in [4.78, 5) is 11.4. The van der Waals surface area contributed by atoms with Crippen molar-refractivity contribution in [1.29, 1.82) is 0 Å². The zero-order chi connectivity index (χ0) is 12.5. The molecule has 1 aromatic rings. The van der Waals surface area contributed by atoms with Crippen LogP contribution in [0.25, 0.3) is 0 Å². The van der Waals surface area contributed by atoms with E-state index in [2.05, 4.69) is 20.8 Å². The quantitative estimate of drug-likeness (QED) is 0.579. The molecule has 0 unspecified atom stereocenters. The number of carbonyl (C=O) groups is 1. The number of nitrogens with one attached hydrogen (secondary N) is 2. The van der Waals surface area contributed by atoms with Crippen molar-refractivity contribution >= 4 is 5.91 Å². The fourth-order valence-corrected chi connectivity index (χ4v) is 1.30. The third-order valence-corrected chi connectivity index (χ3v) is 2.25. The van der Waals surface area contributed by atoms with E-state index in [1.54, 1.807) is 13.4 Å². The summed E-state index contributed by atoms with van der Waals surface area (Å²) in [6.45, 7) is 4.74. The van der Waals surface area contributed by atoms with E-state index in [-0.39, 0.29) is 12.5 Å². The first kappa shape index (κ1) is 13.6. The molecule has 0 fully saturated rings. The van der Waals surface area contributed by atoms with Crippen LogP contribution in [0.15, 0.2) is 6.33 Å². The zero-order valence-corrected chi connectivity index (χ0v) is 10.3. The Bertz CT molecular complexity index is 339. The maximum absolute atomic E-state index is 11.4. The second-order valence-corrected chi connectivity index (χ2v) is 3.48. The van der Waals surface area contributed by atoms with E-state index in [1.165, 1.54) is 0 Å². The number of carbonyl (C=O) groups excluding carboxylic acids is 1. The lowest BCUT2D eigenvalue weighted by Gasteiger charge is -2.06. The van der Waals surface area contributed by atoms with Crippen LogP contribution in [0.5, 0.6) is 0 Å². The molecule has 0 radical (unpaired) electrons. The van der Waals surface area contributed by atoms with Gasteiger partial charge in [-0.25, -0.2) is 0 Å². The molecule has 7 nitrogen and oxygen atoms in total. The van der Waals surface area contributed by atoms with E-state index in [1.807, 2.05) is 11.5 Å². The summed E-state index contributed by atoms with van der Waals surface area (Å²) in [5.74, 6) is 0.699. The van der Waals surface area contributed by atoms with E-state index < -0.39 is 0 Å². The molecule has 0 saturated heterocycles. The largest absolute Gasteiger partial charge is 0.383 e. The predicted octanol–water partition coefficient (Wildman–Crippen LogP) is -0.850. The Morgan fingerprint density at radius 1 is 1.59 bits per heavy atom. The van der Waals surface area contributed by atoms with Crippen LogP contribution in [0.2, 0.25) is 0 Å². The second kappa shape index (κ2) is 7.75. The lowest BCUT2D eigenvalue weighted by atomic mass is 10.5. The number of hydrogen-bond acceptors (Lipinski definition) is 5. The molecule has 1 heterocycles. The maximum Gasteiger partial charge on any atom is 0.234 e. The molecule has 2 N–H and O–H groups in total. The Hall–Kier alpha value is -1.47. The minimum Gasteiger partial charge on any atom is -0.383 e. The van der Waals surface area contributed by atoms with Gasteiger partial charge in [-0.15, -0.1) is 10.2 Å². The molecule has 96 valence electrons. The van der Waals surface area contributed by atoms with E-state index in [9.17, 15) is 4.79 Å². The second-order valence-electron chi connectivity index (χ2n) is 3.48. The fourth-order valence-electron chi connectivity index (χ4n) is 1.30. The molecule has 0 saturated carbocycles. The van der Waals surface area contributed by atoms with Crippen molar-refractivity contribution in [3.63, 3.8) is 0 Å². The normalized spacial score (nSPS) is 10.5. The van der Waals surface area contributed by atoms with Gasteiger partial charge in [-0.1, -0.05) is 0 Å². The first-order chi connectivity index (χ1) is 8.27. The van der Waals surface area contributed by atoms with Crippen LogP contribution < -0.4 is 10.6 Å². The average Bonchev–Trinajstić information content (AvgIpc) is 2.79. The van der Waals surface area contributed by atoms with Crippen LogP contribution in [0.3, 0.4) is 0 Å². The predicted molar refractivity (Wildman–Crippen MR) is 62.3 cm³/mol. The molecule has 1 rings (SSSR count). The van der Waals surface area contributed by atoms with Crippen molar-refractivity contribution in [3.8, 4) is 0 Å². The number of aryl methyl sites for hydroxylation is 1. The third-order valence-electron chi connectivity index (χ3n) is 2.25. The van der Waals surface area contributed by atoms with Crippen LogP contribution >= 0.6 is 0 Å². The van der Waals surface area contributed by atoms with Crippen LogP contribution in [0, 0.1) is 0 Å². The standard InChI is InChI=1S/C10H19N5O2/c1-3-15-8-13-14-9(15)6-12-10(16)7-11-4-5-17-2/h8,11H,3-7H2,1-2H3,(H,12,16). The van der Waals surface area contributed by atoms with Gasteiger partial charge in [0.1, 0.15) is 6.33 Å². The monoisotopic (exact) mass is 241 g/mol. The molecule has 17 heavy (non-hydrogen) atoms. The fraction of sp³-hybridized carbons (Fsp3) is 0.700. The highest BCUT2D eigenvalue weighted by molar-refractivity contribution is 5.77. The van der Waals surface area contributed by atoms with Gasteiger partial charge in [0, 0.05) is 20.2 Å². The van der Waals surface area contributed by atoms with Gasteiger partial charge in [0.2, 0.25) is 5.91 Å². The molecule has 0 spiro atoms. The van der Waals surface area contributed by atoms with E-state index in [0.29, 0.717) is 19.7 Å². The topological polar surface area (TPSA) is 81.1 Å². The van der Waals surface area contributed by atoms with Gasteiger partial charge in [-0.2, -0.15) is 0 Å². The van der Waals surface area contributed by atoms with Crippen LogP contribution in [-0.2, 0) is 22.6 Å². The smallest absolute Gasteiger partial charge is 0.234 e. The summed E-state index contributed by atoms with van der Waals surface area (Å²) in [7, 11) is 1.62. The molecule has 0 bridgehead atoms. The van der Waals surface area contributed by atoms with Gasteiger partial charge < -0.3 is 19.9 Å².